The number of nitrogens with one attached hydrogen (secondary N) is 1. The zero-order valence-corrected chi connectivity index (χ0v) is 13.5. The first-order valence-corrected chi connectivity index (χ1v) is 9.13. The van der Waals surface area contributed by atoms with Gasteiger partial charge in [-0.3, -0.25) is 9.10 Å². The Kier molecular flexibility index (Phi) is 4.56. The normalized spacial score (nSPS) is 14.4. The molecule has 1 aliphatic heterocycles. The molecule has 0 spiro atoms. The van der Waals surface area contributed by atoms with Crippen molar-refractivity contribution in [2.75, 3.05) is 17.1 Å². The van der Waals surface area contributed by atoms with E-state index in [1.807, 2.05) is 13.8 Å². The minimum Gasteiger partial charge on any atom is -0.349 e. The molecule has 0 radical (unpaired) electrons. The molecular formula is C15H22N2O3S. The van der Waals surface area contributed by atoms with Crippen LogP contribution in [0.4, 0.5) is 5.69 Å². The van der Waals surface area contributed by atoms with Gasteiger partial charge in [0.25, 0.3) is 5.91 Å². The van der Waals surface area contributed by atoms with Crippen LogP contribution in [0.3, 0.4) is 0 Å². The third-order valence-electron chi connectivity index (χ3n) is 3.92. The van der Waals surface area contributed by atoms with Gasteiger partial charge in [0, 0.05) is 18.2 Å². The molecule has 0 saturated heterocycles. The van der Waals surface area contributed by atoms with Gasteiger partial charge in [0.15, 0.2) is 0 Å². The number of sulfonamides is 1. The maximum absolute atomic E-state index is 12.2. The fourth-order valence-electron chi connectivity index (χ4n) is 2.62. The molecule has 0 atom stereocenters. The molecule has 1 heterocycles. The summed E-state index contributed by atoms with van der Waals surface area (Å²) in [5.74, 6) is -0.0932. The van der Waals surface area contributed by atoms with Crippen LogP contribution >= 0.6 is 0 Å². The zero-order chi connectivity index (χ0) is 15.6. The molecule has 6 heteroatoms. The Morgan fingerprint density at radius 2 is 2.00 bits per heavy atom. The molecule has 1 aromatic rings. The maximum atomic E-state index is 12.2. The van der Waals surface area contributed by atoms with Crippen LogP contribution in [0.1, 0.15) is 42.6 Å². The van der Waals surface area contributed by atoms with Crippen molar-refractivity contribution in [3.8, 4) is 0 Å². The van der Waals surface area contributed by atoms with E-state index in [2.05, 4.69) is 5.32 Å². The topological polar surface area (TPSA) is 66.5 Å². The van der Waals surface area contributed by atoms with Gasteiger partial charge in [-0.1, -0.05) is 13.8 Å². The fraction of sp³-hybridized carbons (Fsp3) is 0.533. The quantitative estimate of drug-likeness (QED) is 0.903. The number of nitrogens with zero attached hydrogens (tertiary/aromatic N) is 1. The third kappa shape index (κ3) is 3.37. The summed E-state index contributed by atoms with van der Waals surface area (Å²) in [6, 6.07) is 5.40. The summed E-state index contributed by atoms with van der Waals surface area (Å²) in [5.41, 5.74) is 2.20. The molecule has 1 aliphatic rings. The first-order valence-electron chi connectivity index (χ1n) is 7.28. The molecule has 1 N–H and O–H groups in total. The Morgan fingerprint density at radius 1 is 1.33 bits per heavy atom. The van der Waals surface area contributed by atoms with E-state index in [9.17, 15) is 13.2 Å². The summed E-state index contributed by atoms with van der Waals surface area (Å²) in [6.07, 6.45) is 3.65. The Morgan fingerprint density at radius 3 is 2.57 bits per heavy atom. The molecule has 5 nitrogen and oxygen atoms in total. The molecule has 0 unspecified atom stereocenters. The zero-order valence-electron chi connectivity index (χ0n) is 12.7. The van der Waals surface area contributed by atoms with Gasteiger partial charge in [0.05, 0.1) is 11.9 Å². The average Bonchev–Trinajstić information content (AvgIpc) is 2.87. The largest absolute Gasteiger partial charge is 0.349 e. The van der Waals surface area contributed by atoms with E-state index in [4.69, 9.17) is 0 Å². The number of amides is 1. The molecule has 1 aromatic carbocycles. The van der Waals surface area contributed by atoms with Crippen molar-refractivity contribution in [3.63, 3.8) is 0 Å². The van der Waals surface area contributed by atoms with Crippen LogP contribution in [0.25, 0.3) is 0 Å². The minimum absolute atomic E-state index is 0.0932. The number of carbonyl (C=O) groups excluding carboxylic acids is 1. The van der Waals surface area contributed by atoms with Crippen molar-refractivity contribution in [2.45, 2.75) is 39.2 Å². The second-order valence-corrected chi connectivity index (χ2v) is 7.32. The van der Waals surface area contributed by atoms with Gasteiger partial charge in [-0.2, -0.15) is 0 Å². The van der Waals surface area contributed by atoms with Gasteiger partial charge in [0.1, 0.15) is 0 Å². The Bertz CT molecular complexity index is 636. The third-order valence-corrected chi connectivity index (χ3v) is 5.10. The number of anilines is 1. The lowest BCUT2D eigenvalue weighted by Crippen LogP contribution is -2.33. The van der Waals surface area contributed by atoms with Crippen molar-refractivity contribution in [1.82, 2.24) is 5.32 Å². The van der Waals surface area contributed by atoms with Crippen molar-refractivity contribution < 1.29 is 13.2 Å². The molecular weight excluding hydrogens is 288 g/mol. The van der Waals surface area contributed by atoms with Gasteiger partial charge in [-0.05, 0) is 43.0 Å². The highest BCUT2D eigenvalue weighted by molar-refractivity contribution is 7.92. The molecule has 1 amide bonds. The van der Waals surface area contributed by atoms with E-state index in [0.29, 0.717) is 24.2 Å². The van der Waals surface area contributed by atoms with Gasteiger partial charge in [-0.15, -0.1) is 0 Å². The van der Waals surface area contributed by atoms with Crippen LogP contribution in [-0.2, 0) is 16.4 Å². The first kappa shape index (κ1) is 15.8. The number of rotatable bonds is 5. The van der Waals surface area contributed by atoms with Gasteiger partial charge in [-0.25, -0.2) is 8.42 Å². The van der Waals surface area contributed by atoms with Crippen LogP contribution < -0.4 is 9.62 Å². The molecule has 0 saturated carbocycles. The van der Waals surface area contributed by atoms with Crippen molar-refractivity contribution in [3.05, 3.63) is 29.3 Å². The minimum atomic E-state index is -3.24. The second-order valence-electron chi connectivity index (χ2n) is 5.42. The highest BCUT2D eigenvalue weighted by atomic mass is 32.2. The van der Waals surface area contributed by atoms with Gasteiger partial charge < -0.3 is 5.32 Å². The second kappa shape index (κ2) is 6.05. The monoisotopic (exact) mass is 310 g/mol. The van der Waals surface area contributed by atoms with Crippen LogP contribution in [0, 0.1) is 0 Å². The first-order chi connectivity index (χ1) is 9.86. The number of carbonyl (C=O) groups is 1. The number of fused-ring (bicyclic) bond motifs is 1. The van der Waals surface area contributed by atoms with E-state index in [0.717, 1.165) is 18.4 Å². The van der Waals surface area contributed by atoms with Crippen LogP contribution in [0.15, 0.2) is 18.2 Å². The van der Waals surface area contributed by atoms with Crippen molar-refractivity contribution in [1.29, 1.82) is 0 Å². The Labute approximate surface area is 126 Å². The van der Waals surface area contributed by atoms with E-state index in [-0.39, 0.29) is 11.9 Å². The predicted molar refractivity (Wildman–Crippen MR) is 84.2 cm³/mol. The summed E-state index contributed by atoms with van der Waals surface area (Å²) >= 11 is 0. The lowest BCUT2D eigenvalue weighted by atomic mass is 10.1. The van der Waals surface area contributed by atoms with E-state index in [1.54, 1.807) is 18.2 Å². The van der Waals surface area contributed by atoms with Crippen molar-refractivity contribution in [2.24, 2.45) is 0 Å². The molecule has 116 valence electrons. The smallest absolute Gasteiger partial charge is 0.251 e. The summed E-state index contributed by atoms with van der Waals surface area (Å²) < 4.78 is 24.8. The lowest BCUT2D eigenvalue weighted by Gasteiger charge is -2.17. The van der Waals surface area contributed by atoms with Crippen LogP contribution in [0.2, 0.25) is 0 Å². The van der Waals surface area contributed by atoms with Crippen molar-refractivity contribution >= 4 is 21.6 Å². The molecule has 0 aromatic heterocycles. The maximum Gasteiger partial charge on any atom is 0.251 e. The van der Waals surface area contributed by atoms with E-state index >= 15 is 0 Å². The number of hydrogen-bond donors (Lipinski definition) is 1. The highest BCUT2D eigenvalue weighted by Crippen LogP contribution is 2.30. The van der Waals surface area contributed by atoms with E-state index < -0.39 is 10.0 Å². The van der Waals surface area contributed by atoms with Gasteiger partial charge in [0.2, 0.25) is 10.0 Å². The van der Waals surface area contributed by atoms with Crippen LogP contribution in [-0.4, -0.2) is 33.2 Å². The molecule has 0 bridgehead atoms. The summed E-state index contributed by atoms with van der Waals surface area (Å²) in [6.45, 7) is 4.54. The van der Waals surface area contributed by atoms with E-state index in [1.165, 1.54) is 10.6 Å². The molecule has 21 heavy (non-hydrogen) atoms. The van der Waals surface area contributed by atoms with Gasteiger partial charge >= 0.3 is 0 Å². The Hall–Kier alpha value is -1.56. The molecule has 0 fully saturated rings. The molecule has 0 aliphatic carbocycles. The summed E-state index contributed by atoms with van der Waals surface area (Å²) in [7, 11) is -3.24. The highest BCUT2D eigenvalue weighted by Gasteiger charge is 2.26. The summed E-state index contributed by atoms with van der Waals surface area (Å²) in [5, 5.41) is 2.99. The van der Waals surface area contributed by atoms with Crippen LogP contribution in [0.5, 0.6) is 0 Å². The lowest BCUT2D eigenvalue weighted by molar-refractivity contribution is 0.0935. The number of benzene rings is 1. The Balaban J connectivity index is 2.22. The summed E-state index contributed by atoms with van der Waals surface area (Å²) in [4.78, 5) is 12.2. The fourth-order valence-corrected chi connectivity index (χ4v) is 3.58. The molecule has 2 rings (SSSR count). The standard InChI is InChI=1S/C15H22N2O3S/c1-4-13(5-2)16-15(18)12-6-7-14-11(10-12)8-9-17(14)21(3,19)20/h6-7,10,13H,4-5,8-9H2,1-3H3,(H,16,18). The SMILES string of the molecule is CCC(CC)NC(=O)c1ccc2c(c1)CCN2S(C)(=O)=O. The predicted octanol–water partition coefficient (Wildman–Crippen LogP) is 1.93. The average molecular weight is 310 g/mol. The number of hydrogen-bond acceptors (Lipinski definition) is 3.